The molecule has 0 aromatic heterocycles. The van der Waals surface area contributed by atoms with Crippen LogP contribution in [0.1, 0.15) is 124 Å². The number of nitrogens with one attached hydrogen (secondary N) is 1. The summed E-state index contributed by atoms with van der Waals surface area (Å²) in [7, 11) is 27.6. The zero-order valence-electron chi connectivity index (χ0n) is 71.3. The first-order valence-electron chi connectivity index (χ1n) is 36.2. The Morgan fingerprint density at radius 3 is 0.564 bits per heavy atom. The third kappa shape index (κ3) is 45.7. The molecule has 0 aliphatic carbocycles. The van der Waals surface area contributed by atoms with Gasteiger partial charge in [-0.3, -0.25) is 58.2 Å². The minimum atomic E-state index is -0.146. The fourth-order valence-corrected chi connectivity index (χ4v) is 12.3. The molecule has 1 radical (unpaired) electrons. The summed E-state index contributed by atoms with van der Waals surface area (Å²) in [4.78, 5) is 86.1. The van der Waals surface area contributed by atoms with Gasteiger partial charge in [-0.2, -0.15) is 0 Å². The van der Waals surface area contributed by atoms with Gasteiger partial charge in [0.25, 0.3) is 0 Å². The summed E-state index contributed by atoms with van der Waals surface area (Å²) in [6.45, 7) is 19.8. The fourth-order valence-electron chi connectivity index (χ4n) is 12.3. The summed E-state index contributed by atoms with van der Waals surface area (Å²) < 4.78 is 33.0. The van der Waals surface area contributed by atoms with Crippen molar-refractivity contribution in [3.8, 4) is 0 Å². The van der Waals surface area contributed by atoms with Gasteiger partial charge in [0.15, 0.2) is 0 Å². The Hall–Kier alpha value is -4.85. The Kier molecular flexibility index (Phi) is 83.0. The van der Waals surface area contributed by atoms with Crippen LogP contribution in [0.25, 0.3) is 4.85 Å². The smallest absolute Gasteiger partial charge is 0 e. The van der Waals surface area contributed by atoms with E-state index in [1.54, 1.807) is 21.1 Å². The van der Waals surface area contributed by atoms with E-state index in [0.29, 0.717) is 9.47 Å². The maximum atomic E-state index is 11.5. The molecule has 12 rings (SSSR count). The molecule has 0 amide bonds. The first-order valence-corrected chi connectivity index (χ1v) is 47.4. The number of aliphatic hydroxyl groups is 1. The van der Waals surface area contributed by atoms with Crippen LogP contribution in [0.2, 0.25) is 0 Å². The Morgan fingerprint density at radius 2 is 0.479 bits per heavy atom. The molecule has 0 saturated heterocycles. The normalized spacial score (nSPS) is 16.9. The Labute approximate surface area is 776 Å². The van der Waals surface area contributed by atoms with Crippen LogP contribution in [0, 0.1) is 21.4 Å². The second-order valence-corrected chi connectivity index (χ2v) is 37.1. The molecule has 2 N–H and O–H groups in total. The van der Waals surface area contributed by atoms with Crippen LogP contribution in [-0.4, -0.2) is 238 Å². The number of aliphatic hydroxyl groups excluding tert-OH is 1. The molecule has 660 valence electrons. The van der Waals surface area contributed by atoms with Crippen molar-refractivity contribution in [1.29, 1.82) is 0 Å². The maximum Gasteiger partial charge on any atom is 0 e. The second kappa shape index (κ2) is 76.1. The molecular formula is C90H145I3N8O14VY-2. The van der Waals surface area contributed by atoms with Crippen molar-refractivity contribution in [2.24, 2.45) is 0 Å². The van der Waals surface area contributed by atoms with Gasteiger partial charge in [-0.25, -0.2) is 6.57 Å². The number of hydrogen-bond donors (Lipinski definition) is 2. The molecule has 6 atom stereocenters. The predicted octanol–water partition coefficient (Wildman–Crippen LogP) is 15.6. The molecule has 6 aromatic rings. The van der Waals surface area contributed by atoms with E-state index in [0.717, 1.165) is 84.3 Å². The Morgan fingerprint density at radius 1 is 0.385 bits per heavy atom. The molecule has 27 heteroatoms. The number of ether oxygens (including phenoxy) is 7. The summed E-state index contributed by atoms with van der Waals surface area (Å²) in [5.41, 5.74) is 15.4. The van der Waals surface area contributed by atoms with Crippen molar-refractivity contribution in [3.63, 3.8) is 0 Å². The largest absolute Gasteiger partial charge is 0 e. The molecule has 117 heavy (non-hydrogen) atoms. The molecule has 6 aliphatic rings. The number of carbonyl (C=O) groups excluding carboxylic acids is 6. The standard InChI is InChI=1S/6C12H15NO2.C3H9N.C2H3N.2C2H6O.C2H6.CH3I.4CH4.2CH3.2HI.V.Y/c6*1-13-8-10-6-4-3-5-9(10)7-11(13)12(14)15-2;1-3-4-2;2*1-3-2;1-2-3;2*1-2;;;;;;;;;;/h6*3-6,11H,7-8H2,1-2H3;4H,3H2,1-2H3;1H3;1-2H3;3H,2H2,1H3;1-2H3;1H3;4*1H4;2*1H3;2*1H;;/q;;;;;;;;;;;;;;;;2*-1;;;+2;/p-2. The summed E-state index contributed by atoms with van der Waals surface area (Å²) in [5, 5.41) is 10.5. The number of likely N-dealkylation sites (N-methyl/N-ethyl adjacent to an activating group) is 6. The van der Waals surface area contributed by atoms with Gasteiger partial charge < -0.3 is 63.3 Å². The van der Waals surface area contributed by atoms with Crippen molar-refractivity contribution in [3.05, 3.63) is 239 Å². The van der Waals surface area contributed by atoms with Crippen LogP contribution < -0.4 is 5.32 Å². The van der Waals surface area contributed by atoms with E-state index in [1.165, 1.54) is 116 Å². The number of alkyl halides is 1. The zero-order chi connectivity index (χ0) is 83.3. The number of carbonyl (C=O) groups is 6. The van der Waals surface area contributed by atoms with E-state index < -0.39 is 0 Å². The molecule has 6 heterocycles. The van der Waals surface area contributed by atoms with Crippen LogP contribution in [0.15, 0.2) is 146 Å². The van der Waals surface area contributed by atoms with Crippen LogP contribution >= 0.6 is 62.5 Å². The molecule has 6 aliphatic heterocycles. The van der Waals surface area contributed by atoms with Crippen LogP contribution in [0.4, 0.5) is 0 Å². The number of halogens is 3. The number of nitrogens with zero attached hydrogens (tertiary/aromatic N) is 7. The number of hydrogen-bond acceptors (Lipinski definition) is 21. The Bertz CT molecular complexity index is 3070. The number of esters is 6. The summed E-state index contributed by atoms with van der Waals surface area (Å²) in [5.74, 6) is -0.878. The van der Waals surface area contributed by atoms with E-state index in [1.807, 2.05) is 170 Å². The van der Waals surface area contributed by atoms with Crippen LogP contribution in [-0.2, 0) is 182 Å². The molecule has 6 aromatic carbocycles. The van der Waals surface area contributed by atoms with Gasteiger partial charge in [-0.05, 0) is 173 Å². The van der Waals surface area contributed by atoms with Gasteiger partial charge >= 0.3 is 85.2 Å². The van der Waals surface area contributed by atoms with Gasteiger partial charge in [0.1, 0.15) is 36.3 Å². The molecular weight excluding hydrogens is 1940 g/mol. The number of rotatable bonds is 7. The monoisotopic (exact) mass is 2080 g/mol. The summed E-state index contributed by atoms with van der Waals surface area (Å²) in [6, 6.07) is 48.6. The Balaban J connectivity index is -0.000000192. The molecule has 0 spiro atoms. The third-order valence-corrected chi connectivity index (χ3v) is 18.1. The van der Waals surface area contributed by atoms with Crippen molar-refractivity contribution in [1.82, 2.24) is 34.7 Å². The van der Waals surface area contributed by atoms with Gasteiger partial charge in [-0.15, -0.1) is 0 Å². The van der Waals surface area contributed by atoms with Crippen molar-refractivity contribution < 1.29 is 109 Å². The van der Waals surface area contributed by atoms with E-state index in [4.69, 9.17) is 40.1 Å². The van der Waals surface area contributed by atoms with Crippen LogP contribution in [0.5, 0.6) is 0 Å². The maximum absolute atomic E-state index is 11.5. The van der Waals surface area contributed by atoms with Crippen LogP contribution in [0.3, 0.4) is 0 Å². The molecule has 0 bridgehead atoms. The van der Waals surface area contributed by atoms with Crippen molar-refractivity contribution in [2.45, 2.75) is 171 Å². The first kappa shape index (κ1) is 128. The minimum absolute atomic E-state index is 0. The fraction of sp³-hybridized carbons (Fsp3) is 0.500. The van der Waals surface area contributed by atoms with E-state index in [-0.39, 0.29) is 156 Å². The quantitative estimate of drug-likeness (QED) is 0.0498. The predicted molar refractivity (Wildman–Crippen MR) is 501 cm³/mol. The van der Waals surface area contributed by atoms with E-state index in [9.17, 15) is 28.8 Å². The zero-order valence-corrected chi connectivity index (χ0v) is 82.0. The minimum Gasteiger partial charge on any atom is 0 e. The summed E-state index contributed by atoms with van der Waals surface area (Å²) >= 11 is 6.89. The van der Waals surface area contributed by atoms with E-state index in [2.05, 4.69) is 157 Å². The topological polar surface area (TPSA) is 223 Å². The number of methoxy groups -OCH3 is 7. The van der Waals surface area contributed by atoms with Gasteiger partial charge in [-0.1, -0.05) is 219 Å². The van der Waals surface area contributed by atoms with Gasteiger partial charge in [0, 0.05) is 92.8 Å². The molecule has 0 fully saturated rings. The average Bonchev–Trinajstić information content (AvgIpc) is 0.857. The average molecular weight is 2080 g/mol. The third-order valence-electron chi connectivity index (χ3n) is 18.1. The van der Waals surface area contributed by atoms with Crippen molar-refractivity contribution in [2.75, 3.05) is 131 Å². The number of fused-ring (bicyclic) bond motifs is 6. The van der Waals surface area contributed by atoms with Gasteiger partial charge in [0.05, 0.1) is 42.7 Å². The second-order valence-electron chi connectivity index (χ2n) is 25.3. The molecule has 22 nitrogen and oxygen atoms in total. The number of benzene rings is 6. The SMILES string of the molecule is C.C.C.C.CC.CCNC.CCO.CI.COC.COC(=O)C1Cc2ccccc2CN1C.COC(=O)C1Cc2ccccc2CN1C.COC(=O)C1Cc2ccccc2CN1C.COC(=O)C1Cc2ccccc2CN1C.COC(=O)C1Cc2ccccc2CN1C.COC(=O)C1Cc2ccccc2CN1C.[C-]#[N+]C.[CH3-].[CH3-].[I][V][I].[Y]. The van der Waals surface area contributed by atoms with E-state index >= 15 is 0 Å². The van der Waals surface area contributed by atoms with Gasteiger partial charge in [0.2, 0.25) is 7.05 Å². The summed E-state index contributed by atoms with van der Waals surface area (Å²) in [6.07, 6.45) is 4.50. The molecule has 6 unspecified atom stereocenters. The molecule has 0 saturated carbocycles. The van der Waals surface area contributed by atoms with Crippen molar-refractivity contribution >= 4 is 98.4 Å². The first-order chi connectivity index (χ1) is 52.9.